The number of aromatic nitrogens is 2. The van der Waals surface area contributed by atoms with Gasteiger partial charge in [-0.25, -0.2) is 4.98 Å². The van der Waals surface area contributed by atoms with Gasteiger partial charge in [-0.2, -0.15) is 0 Å². The molecule has 2 aromatic carbocycles. The van der Waals surface area contributed by atoms with Gasteiger partial charge in [-0.15, -0.1) is 0 Å². The van der Waals surface area contributed by atoms with E-state index in [-0.39, 0.29) is 12.3 Å². The Labute approximate surface area is 169 Å². The van der Waals surface area contributed by atoms with Gasteiger partial charge in [0.1, 0.15) is 5.65 Å². The summed E-state index contributed by atoms with van der Waals surface area (Å²) in [4.78, 5) is 19.5. The van der Waals surface area contributed by atoms with Crippen LogP contribution in [0.2, 0.25) is 5.02 Å². The van der Waals surface area contributed by atoms with Crippen LogP contribution in [0.3, 0.4) is 0 Å². The van der Waals surface area contributed by atoms with E-state index < -0.39 is 0 Å². The summed E-state index contributed by atoms with van der Waals surface area (Å²) in [5.74, 6) is 0.0460. The molecule has 4 aromatic rings. The highest BCUT2D eigenvalue weighted by molar-refractivity contribution is 6.30. The maximum Gasteiger partial charge on any atom is 0.228 e. The van der Waals surface area contributed by atoms with Gasteiger partial charge in [0, 0.05) is 30.4 Å². The molecule has 0 aliphatic rings. The van der Waals surface area contributed by atoms with Crippen LogP contribution in [0.15, 0.2) is 79.0 Å². The Morgan fingerprint density at radius 2 is 1.71 bits per heavy atom. The molecule has 0 saturated carbocycles. The smallest absolute Gasteiger partial charge is 0.228 e. The lowest BCUT2D eigenvalue weighted by molar-refractivity contribution is -0.129. The zero-order valence-electron chi connectivity index (χ0n) is 15.5. The standard InChI is InChI=1S/C23H20ClN3O/c1-26(16-17-7-3-2-4-8-17)22(28)15-20-23(18-10-12-19(24)13-11-18)25-21-9-5-6-14-27(20)21/h2-14H,15-16H2,1H3. The molecule has 28 heavy (non-hydrogen) atoms. The second-order valence-electron chi connectivity index (χ2n) is 6.76. The zero-order valence-corrected chi connectivity index (χ0v) is 16.3. The molecule has 0 atom stereocenters. The number of likely N-dealkylation sites (N-methyl/N-ethyl adjacent to an activating group) is 1. The summed E-state index contributed by atoms with van der Waals surface area (Å²) in [7, 11) is 1.83. The number of nitrogens with zero attached hydrogens (tertiary/aromatic N) is 3. The molecule has 4 rings (SSSR count). The van der Waals surface area contributed by atoms with E-state index >= 15 is 0 Å². The van der Waals surface area contributed by atoms with E-state index in [0.717, 1.165) is 28.2 Å². The van der Waals surface area contributed by atoms with Crippen LogP contribution in [0.5, 0.6) is 0 Å². The minimum Gasteiger partial charge on any atom is -0.341 e. The molecular formula is C23H20ClN3O. The maximum atomic E-state index is 13.0. The lowest BCUT2D eigenvalue weighted by atomic mass is 10.1. The number of halogens is 1. The van der Waals surface area contributed by atoms with E-state index in [4.69, 9.17) is 16.6 Å². The number of carbonyl (C=O) groups is 1. The lowest BCUT2D eigenvalue weighted by Gasteiger charge is -2.17. The molecule has 0 saturated heterocycles. The third-order valence-corrected chi connectivity index (χ3v) is 5.01. The Morgan fingerprint density at radius 1 is 1.00 bits per heavy atom. The van der Waals surface area contributed by atoms with Crippen molar-refractivity contribution in [3.8, 4) is 11.3 Å². The lowest BCUT2D eigenvalue weighted by Crippen LogP contribution is -2.28. The molecule has 0 radical (unpaired) electrons. The minimum atomic E-state index is 0.0460. The number of pyridine rings is 1. The first-order chi connectivity index (χ1) is 13.6. The number of fused-ring (bicyclic) bond motifs is 1. The van der Waals surface area contributed by atoms with E-state index in [2.05, 4.69) is 0 Å². The molecule has 0 unspecified atom stereocenters. The fourth-order valence-electron chi connectivity index (χ4n) is 3.28. The second-order valence-corrected chi connectivity index (χ2v) is 7.19. The first-order valence-electron chi connectivity index (χ1n) is 9.11. The normalized spacial score (nSPS) is 10.9. The molecule has 0 N–H and O–H groups in total. The number of carbonyl (C=O) groups excluding carboxylic acids is 1. The molecule has 5 heteroatoms. The Kier molecular flexibility index (Phi) is 5.13. The maximum absolute atomic E-state index is 13.0. The van der Waals surface area contributed by atoms with Crippen molar-refractivity contribution in [2.75, 3.05) is 7.05 Å². The highest BCUT2D eigenvalue weighted by atomic mass is 35.5. The van der Waals surface area contributed by atoms with Gasteiger partial charge in [-0.1, -0.05) is 60.1 Å². The van der Waals surface area contributed by atoms with E-state index in [1.54, 1.807) is 4.90 Å². The van der Waals surface area contributed by atoms with Gasteiger partial charge in [-0.05, 0) is 29.8 Å². The van der Waals surface area contributed by atoms with Crippen LogP contribution in [0, 0.1) is 0 Å². The highest BCUT2D eigenvalue weighted by Gasteiger charge is 2.19. The predicted molar refractivity (Wildman–Crippen MR) is 112 cm³/mol. The molecule has 0 aliphatic carbocycles. The Bertz CT molecular complexity index is 1100. The summed E-state index contributed by atoms with van der Waals surface area (Å²) in [6, 6.07) is 23.4. The Hall–Kier alpha value is -3.11. The Balaban J connectivity index is 1.66. The quantitative estimate of drug-likeness (QED) is 0.489. The molecule has 1 amide bonds. The van der Waals surface area contributed by atoms with Crippen molar-refractivity contribution in [1.82, 2.24) is 14.3 Å². The van der Waals surface area contributed by atoms with Gasteiger partial charge in [0.05, 0.1) is 17.8 Å². The minimum absolute atomic E-state index is 0.0460. The first kappa shape index (κ1) is 18.3. The summed E-state index contributed by atoms with van der Waals surface area (Å²) in [6.45, 7) is 0.576. The van der Waals surface area contributed by atoms with Crippen LogP contribution in [0.25, 0.3) is 16.9 Å². The van der Waals surface area contributed by atoms with Crippen LogP contribution in [-0.2, 0) is 17.8 Å². The largest absolute Gasteiger partial charge is 0.341 e. The predicted octanol–water partition coefficient (Wildman–Crippen LogP) is 4.86. The number of imidazole rings is 1. The number of benzene rings is 2. The van der Waals surface area contributed by atoms with E-state index in [9.17, 15) is 4.79 Å². The van der Waals surface area contributed by atoms with Crippen LogP contribution in [0.4, 0.5) is 0 Å². The average Bonchev–Trinajstić information content (AvgIpc) is 3.08. The number of amides is 1. The average molecular weight is 390 g/mol. The van der Waals surface area contributed by atoms with Gasteiger partial charge in [0.25, 0.3) is 0 Å². The van der Waals surface area contributed by atoms with Gasteiger partial charge in [0.2, 0.25) is 5.91 Å². The SMILES string of the molecule is CN(Cc1ccccc1)C(=O)Cc1c(-c2ccc(Cl)cc2)nc2ccccn12. The molecule has 140 valence electrons. The van der Waals surface area contributed by atoms with Crippen molar-refractivity contribution in [3.63, 3.8) is 0 Å². The van der Waals surface area contributed by atoms with Gasteiger partial charge in [0.15, 0.2) is 0 Å². The molecule has 0 bridgehead atoms. The topological polar surface area (TPSA) is 37.6 Å². The molecular weight excluding hydrogens is 370 g/mol. The summed E-state index contributed by atoms with van der Waals surface area (Å²) in [5, 5.41) is 0.674. The van der Waals surface area contributed by atoms with Crippen molar-refractivity contribution < 1.29 is 4.79 Å². The van der Waals surface area contributed by atoms with Crippen LogP contribution >= 0.6 is 11.6 Å². The van der Waals surface area contributed by atoms with Gasteiger partial charge in [-0.3, -0.25) is 4.79 Å². The first-order valence-corrected chi connectivity index (χ1v) is 9.49. The van der Waals surface area contributed by atoms with E-state index in [0.29, 0.717) is 11.6 Å². The highest BCUT2D eigenvalue weighted by Crippen LogP contribution is 2.26. The number of rotatable bonds is 5. The van der Waals surface area contributed by atoms with Crippen LogP contribution in [0.1, 0.15) is 11.3 Å². The van der Waals surface area contributed by atoms with Crippen molar-refractivity contribution >= 4 is 23.2 Å². The van der Waals surface area contributed by atoms with Crippen LogP contribution < -0.4 is 0 Å². The van der Waals surface area contributed by atoms with E-state index in [1.807, 2.05) is 90.4 Å². The number of hydrogen-bond acceptors (Lipinski definition) is 2. The van der Waals surface area contributed by atoms with Crippen molar-refractivity contribution in [3.05, 3.63) is 95.3 Å². The molecule has 0 fully saturated rings. The van der Waals surface area contributed by atoms with Crippen molar-refractivity contribution in [2.45, 2.75) is 13.0 Å². The molecule has 4 nitrogen and oxygen atoms in total. The zero-order chi connectivity index (χ0) is 19.5. The fourth-order valence-corrected chi connectivity index (χ4v) is 3.40. The second kappa shape index (κ2) is 7.87. The van der Waals surface area contributed by atoms with E-state index in [1.165, 1.54) is 0 Å². The third kappa shape index (κ3) is 3.78. The molecule has 0 spiro atoms. The summed E-state index contributed by atoms with van der Waals surface area (Å²) in [6.07, 6.45) is 2.22. The molecule has 2 heterocycles. The third-order valence-electron chi connectivity index (χ3n) is 4.75. The fraction of sp³-hybridized carbons (Fsp3) is 0.130. The summed E-state index contributed by atoms with van der Waals surface area (Å²) < 4.78 is 1.98. The van der Waals surface area contributed by atoms with Crippen LogP contribution in [-0.4, -0.2) is 27.2 Å². The summed E-state index contributed by atoms with van der Waals surface area (Å²) >= 11 is 6.03. The van der Waals surface area contributed by atoms with Crippen molar-refractivity contribution in [1.29, 1.82) is 0 Å². The Morgan fingerprint density at radius 3 is 2.46 bits per heavy atom. The summed E-state index contributed by atoms with van der Waals surface area (Å²) in [5.41, 5.74) is 4.56. The number of hydrogen-bond donors (Lipinski definition) is 0. The monoisotopic (exact) mass is 389 g/mol. The van der Waals surface area contributed by atoms with Gasteiger partial charge < -0.3 is 9.30 Å². The molecule has 0 aliphatic heterocycles. The molecule has 2 aromatic heterocycles. The van der Waals surface area contributed by atoms with Crippen molar-refractivity contribution in [2.24, 2.45) is 0 Å². The van der Waals surface area contributed by atoms with Gasteiger partial charge >= 0.3 is 0 Å².